The van der Waals surface area contributed by atoms with E-state index in [9.17, 15) is 13.2 Å². The van der Waals surface area contributed by atoms with Crippen LogP contribution in [0.25, 0.3) is 0 Å². The molecule has 1 unspecified atom stereocenters. The van der Waals surface area contributed by atoms with Crippen LogP contribution in [0.2, 0.25) is 0 Å². The predicted molar refractivity (Wildman–Crippen MR) is 108 cm³/mol. The van der Waals surface area contributed by atoms with Crippen molar-refractivity contribution in [3.63, 3.8) is 0 Å². The Labute approximate surface area is 169 Å². The summed E-state index contributed by atoms with van der Waals surface area (Å²) in [6.07, 6.45) is -0.397. The molecule has 2 fully saturated rings. The first kappa shape index (κ1) is 21.3. The van der Waals surface area contributed by atoms with Crippen LogP contribution in [0.15, 0.2) is 29.3 Å². The van der Waals surface area contributed by atoms with Crippen LogP contribution in [0.4, 0.5) is 13.2 Å². The van der Waals surface area contributed by atoms with Crippen LogP contribution >= 0.6 is 24.0 Å². The largest absolute Gasteiger partial charge is 0.416 e. The number of alkyl halides is 3. The molecule has 0 aromatic heterocycles. The van der Waals surface area contributed by atoms with Gasteiger partial charge in [-0.25, -0.2) is 0 Å². The van der Waals surface area contributed by atoms with Crippen molar-refractivity contribution in [2.75, 3.05) is 26.7 Å². The molecule has 4 nitrogen and oxygen atoms in total. The Bertz CT molecular complexity index is 599. The van der Waals surface area contributed by atoms with E-state index >= 15 is 0 Å². The van der Waals surface area contributed by atoms with Gasteiger partial charge in [0.15, 0.2) is 5.96 Å². The van der Waals surface area contributed by atoms with E-state index in [0.29, 0.717) is 18.4 Å². The minimum absolute atomic E-state index is 0. The molecule has 2 aliphatic rings. The summed E-state index contributed by atoms with van der Waals surface area (Å²) in [6.45, 7) is 3.65. The van der Waals surface area contributed by atoms with Crippen molar-refractivity contribution in [1.29, 1.82) is 0 Å². The van der Waals surface area contributed by atoms with Gasteiger partial charge in [0, 0.05) is 32.7 Å². The molecule has 1 heterocycles. The highest BCUT2D eigenvalue weighted by molar-refractivity contribution is 14.0. The third-order valence-electron chi connectivity index (χ3n) is 4.90. The van der Waals surface area contributed by atoms with Gasteiger partial charge in [-0.2, -0.15) is 13.2 Å². The number of guanidine groups is 1. The Morgan fingerprint density at radius 3 is 2.42 bits per heavy atom. The highest BCUT2D eigenvalue weighted by Gasteiger charge is 2.34. The first-order valence-electron chi connectivity index (χ1n) is 8.80. The second-order valence-corrected chi connectivity index (χ2v) is 6.88. The molecule has 0 amide bonds. The maximum Gasteiger partial charge on any atom is 0.416 e. The van der Waals surface area contributed by atoms with Gasteiger partial charge in [0.25, 0.3) is 0 Å². The fourth-order valence-electron chi connectivity index (χ4n) is 3.26. The second kappa shape index (κ2) is 9.25. The van der Waals surface area contributed by atoms with Gasteiger partial charge in [-0.15, -0.1) is 24.0 Å². The van der Waals surface area contributed by atoms with Crippen LogP contribution in [-0.4, -0.2) is 43.6 Å². The fraction of sp³-hybridized carbons (Fsp3) is 0.611. The Morgan fingerprint density at radius 1 is 1.15 bits per heavy atom. The van der Waals surface area contributed by atoms with E-state index in [4.69, 9.17) is 0 Å². The number of nitrogens with one attached hydrogen (secondary N) is 2. The van der Waals surface area contributed by atoms with Crippen molar-refractivity contribution in [3.8, 4) is 0 Å². The summed E-state index contributed by atoms with van der Waals surface area (Å²) in [4.78, 5) is 6.76. The summed E-state index contributed by atoms with van der Waals surface area (Å²) in [7, 11) is 1.70. The lowest BCUT2D eigenvalue weighted by Crippen LogP contribution is -2.40. The molecule has 1 aromatic rings. The molecular weight excluding hydrogens is 456 g/mol. The zero-order chi connectivity index (χ0) is 17.9. The highest BCUT2D eigenvalue weighted by atomic mass is 127. The van der Waals surface area contributed by atoms with Crippen LogP contribution in [0.1, 0.15) is 30.4 Å². The maximum atomic E-state index is 12.6. The van der Waals surface area contributed by atoms with Gasteiger partial charge < -0.3 is 15.5 Å². The summed E-state index contributed by atoms with van der Waals surface area (Å²) < 4.78 is 37.7. The van der Waals surface area contributed by atoms with Crippen molar-refractivity contribution in [2.45, 2.75) is 38.0 Å². The third kappa shape index (κ3) is 6.00. The molecule has 1 aliphatic heterocycles. The first-order chi connectivity index (χ1) is 12.0. The van der Waals surface area contributed by atoms with Gasteiger partial charge in [-0.05, 0) is 49.4 Å². The minimum Gasteiger partial charge on any atom is -0.356 e. The molecular formula is C18H26F3IN4. The van der Waals surface area contributed by atoms with E-state index in [-0.39, 0.29) is 24.0 Å². The SMILES string of the molecule is CN=C(NCc1ccc(C(F)(F)F)cc1)NCC1CCN(C2CC2)C1.I. The standard InChI is InChI=1S/C18H25F3N4.HI/c1-22-17(24-11-14-8-9-25(12-14)16-6-7-16)23-10-13-2-4-15(5-3-13)18(19,20)21;/h2-5,14,16H,6-12H2,1H3,(H2,22,23,24);1H. The summed E-state index contributed by atoms with van der Waals surface area (Å²) in [5, 5.41) is 6.49. The minimum atomic E-state index is -4.29. The van der Waals surface area contributed by atoms with Gasteiger partial charge in [0.1, 0.15) is 0 Å². The molecule has 1 aromatic carbocycles. The number of nitrogens with zero attached hydrogens (tertiary/aromatic N) is 2. The summed E-state index contributed by atoms with van der Waals surface area (Å²) in [6, 6.07) is 6.03. The number of halogens is 4. The van der Waals surface area contributed by atoms with E-state index in [1.165, 1.54) is 37.9 Å². The number of hydrogen-bond donors (Lipinski definition) is 2. The molecule has 8 heteroatoms. The zero-order valence-electron chi connectivity index (χ0n) is 14.9. The molecule has 26 heavy (non-hydrogen) atoms. The quantitative estimate of drug-likeness (QED) is 0.384. The molecule has 3 rings (SSSR count). The van der Waals surface area contributed by atoms with Crippen LogP contribution in [0.5, 0.6) is 0 Å². The number of benzene rings is 1. The van der Waals surface area contributed by atoms with Crippen LogP contribution in [0.3, 0.4) is 0 Å². The normalized spacial score (nSPS) is 21.4. The lowest BCUT2D eigenvalue weighted by Gasteiger charge is -2.17. The summed E-state index contributed by atoms with van der Waals surface area (Å²) in [5.41, 5.74) is 0.164. The number of likely N-dealkylation sites (tertiary alicyclic amines) is 1. The van der Waals surface area contributed by atoms with Crippen molar-refractivity contribution in [3.05, 3.63) is 35.4 Å². The lowest BCUT2D eigenvalue weighted by molar-refractivity contribution is -0.137. The number of hydrogen-bond acceptors (Lipinski definition) is 2. The second-order valence-electron chi connectivity index (χ2n) is 6.88. The van der Waals surface area contributed by atoms with Gasteiger partial charge in [-0.3, -0.25) is 4.99 Å². The van der Waals surface area contributed by atoms with Crippen LogP contribution < -0.4 is 10.6 Å². The van der Waals surface area contributed by atoms with E-state index < -0.39 is 11.7 Å². The molecule has 1 saturated carbocycles. The molecule has 1 saturated heterocycles. The fourth-order valence-corrected chi connectivity index (χ4v) is 3.26. The third-order valence-corrected chi connectivity index (χ3v) is 4.90. The first-order valence-corrected chi connectivity index (χ1v) is 8.80. The topological polar surface area (TPSA) is 39.7 Å². The molecule has 0 bridgehead atoms. The van der Waals surface area contributed by atoms with Crippen molar-refractivity contribution in [2.24, 2.45) is 10.9 Å². The number of aliphatic imine (C=N–C) groups is 1. The molecule has 1 atom stereocenters. The Hall–Kier alpha value is -1.03. The van der Waals surface area contributed by atoms with Gasteiger partial charge in [0.2, 0.25) is 0 Å². The number of rotatable bonds is 5. The van der Waals surface area contributed by atoms with Crippen molar-refractivity contribution >= 4 is 29.9 Å². The van der Waals surface area contributed by atoms with E-state index in [1.807, 2.05) is 0 Å². The van der Waals surface area contributed by atoms with Gasteiger partial charge in [0.05, 0.1) is 5.56 Å². The van der Waals surface area contributed by atoms with Gasteiger partial charge >= 0.3 is 6.18 Å². The maximum absolute atomic E-state index is 12.6. The highest BCUT2D eigenvalue weighted by Crippen LogP contribution is 2.31. The Kier molecular flexibility index (Phi) is 7.57. The summed E-state index contributed by atoms with van der Waals surface area (Å²) in [5.74, 6) is 1.31. The predicted octanol–water partition coefficient (Wildman–Crippen LogP) is 3.47. The van der Waals surface area contributed by atoms with E-state index in [2.05, 4.69) is 20.5 Å². The van der Waals surface area contributed by atoms with Crippen LogP contribution in [-0.2, 0) is 12.7 Å². The smallest absolute Gasteiger partial charge is 0.356 e. The van der Waals surface area contributed by atoms with Gasteiger partial charge in [-0.1, -0.05) is 12.1 Å². The molecule has 146 valence electrons. The lowest BCUT2D eigenvalue weighted by atomic mass is 10.1. The molecule has 2 N–H and O–H groups in total. The molecule has 0 radical (unpaired) electrons. The van der Waals surface area contributed by atoms with E-state index in [1.54, 1.807) is 7.05 Å². The Morgan fingerprint density at radius 2 is 1.85 bits per heavy atom. The monoisotopic (exact) mass is 482 g/mol. The average molecular weight is 482 g/mol. The Balaban J connectivity index is 0.00000243. The van der Waals surface area contributed by atoms with Crippen LogP contribution in [0, 0.1) is 5.92 Å². The van der Waals surface area contributed by atoms with Crippen molar-refractivity contribution < 1.29 is 13.2 Å². The molecule has 0 spiro atoms. The van der Waals surface area contributed by atoms with Crippen molar-refractivity contribution in [1.82, 2.24) is 15.5 Å². The average Bonchev–Trinajstić information content (AvgIpc) is 3.33. The van der Waals surface area contributed by atoms with E-state index in [0.717, 1.165) is 36.8 Å². The zero-order valence-corrected chi connectivity index (χ0v) is 17.2. The summed E-state index contributed by atoms with van der Waals surface area (Å²) >= 11 is 0. The molecule has 1 aliphatic carbocycles.